The van der Waals surface area contributed by atoms with Crippen molar-refractivity contribution in [3.05, 3.63) is 29.8 Å². The second kappa shape index (κ2) is 10.9. The van der Waals surface area contributed by atoms with Crippen LogP contribution < -0.4 is 15.8 Å². The zero-order valence-corrected chi connectivity index (χ0v) is 16.2. The highest BCUT2D eigenvalue weighted by Crippen LogP contribution is 2.25. The van der Waals surface area contributed by atoms with E-state index in [2.05, 4.69) is 17.0 Å². The van der Waals surface area contributed by atoms with Crippen molar-refractivity contribution in [1.82, 2.24) is 10.2 Å². The molecular formula is C20H29F2N3O3. The lowest BCUT2D eigenvalue weighted by molar-refractivity contribution is -0.127. The van der Waals surface area contributed by atoms with Gasteiger partial charge < -0.3 is 20.7 Å². The molecule has 3 N–H and O–H groups in total. The van der Waals surface area contributed by atoms with Gasteiger partial charge in [0.2, 0.25) is 5.91 Å². The van der Waals surface area contributed by atoms with Gasteiger partial charge in [0, 0.05) is 25.7 Å². The Morgan fingerprint density at radius 2 is 2.11 bits per heavy atom. The Bertz CT molecular complexity index is 657. The number of hydrogen-bond donors (Lipinski definition) is 2. The molecule has 2 amide bonds. The Balaban J connectivity index is 2.02. The van der Waals surface area contributed by atoms with Crippen LogP contribution in [-0.2, 0) is 4.79 Å². The van der Waals surface area contributed by atoms with Crippen LogP contribution in [0.1, 0.15) is 49.4 Å². The molecule has 2 rings (SSSR count). The van der Waals surface area contributed by atoms with Crippen LogP contribution in [0.2, 0.25) is 0 Å². The fourth-order valence-electron chi connectivity index (χ4n) is 3.41. The Morgan fingerprint density at radius 3 is 2.79 bits per heavy atom. The minimum absolute atomic E-state index is 0.0707. The van der Waals surface area contributed by atoms with Gasteiger partial charge in [-0.05, 0) is 31.4 Å². The van der Waals surface area contributed by atoms with Crippen LogP contribution in [0, 0.1) is 5.92 Å². The van der Waals surface area contributed by atoms with Gasteiger partial charge >= 0.3 is 6.61 Å². The van der Waals surface area contributed by atoms with E-state index in [9.17, 15) is 18.4 Å². The van der Waals surface area contributed by atoms with Gasteiger partial charge in [-0.15, -0.1) is 0 Å². The summed E-state index contributed by atoms with van der Waals surface area (Å²) in [5, 5.41) is 2.98. The number of halogens is 2. The zero-order chi connectivity index (χ0) is 20.5. The average molecular weight is 397 g/mol. The summed E-state index contributed by atoms with van der Waals surface area (Å²) in [6, 6.07) is 5.86. The average Bonchev–Trinajstić information content (AvgIpc) is 2.70. The molecule has 28 heavy (non-hydrogen) atoms. The van der Waals surface area contributed by atoms with E-state index in [1.165, 1.54) is 23.1 Å². The normalized spacial score (nSPS) is 18.0. The molecule has 0 saturated carbocycles. The molecule has 8 heteroatoms. The van der Waals surface area contributed by atoms with Crippen LogP contribution in [0.5, 0.6) is 5.75 Å². The molecule has 0 aliphatic carbocycles. The van der Waals surface area contributed by atoms with Crippen LogP contribution in [0.15, 0.2) is 24.3 Å². The molecule has 1 heterocycles. The molecule has 0 aromatic heterocycles. The number of unbranched alkanes of at least 4 members (excludes halogenated alkanes) is 1. The third kappa shape index (κ3) is 6.15. The Kier molecular flexibility index (Phi) is 8.63. The van der Waals surface area contributed by atoms with E-state index in [1.807, 2.05) is 0 Å². The molecule has 1 aliphatic rings. The van der Waals surface area contributed by atoms with Gasteiger partial charge in [-0.25, -0.2) is 0 Å². The number of alkyl halides is 2. The number of ether oxygens (including phenoxy) is 1. The molecule has 2 unspecified atom stereocenters. The summed E-state index contributed by atoms with van der Waals surface area (Å²) in [6.07, 6.45) is 4.18. The Morgan fingerprint density at radius 1 is 1.36 bits per heavy atom. The maximum atomic E-state index is 12.8. The molecule has 1 saturated heterocycles. The number of nitrogens with one attached hydrogen (secondary N) is 1. The van der Waals surface area contributed by atoms with Crippen molar-refractivity contribution in [2.45, 2.75) is 51.7 Å². The summed E-state index contributed by atoms with van der Waals surface area (Å²) in [6.45, 7) is 0.167. The fraction of sp³-hybridized carbons (Fsp3) is 0.600. The molecule has 6 nitrogen and oxygen atoms in total. The van der Waals surface area contributed by atoms with Crippen LogP contribution in [-0.4, -0.2) is 49.0 Å². The SMILES string of the molecule is CCCCC(CN)NC(=O)C1CCCN(C(=O)c2ccccc2OC(F)F)C1. The molecule has 1 aromatic rings. The third-order valence-corrected chi connectivity index (χ3v) is 4.95. The first-order valence-electron chi connectivity index (χ1n) is 9.79. The number of carbonyl (C=O) groups is 2. The van der Waals surface area contributed by atoms with Crippen molar-refractivity contribution in [3.8, 4) is 5.75 Å². The van der Waals surface area contributed by atoms with Gasteiger partial charge in [-0.2, -0.15) is 8.78 Å². The second-order valence-corrected chi connectivity index (χ2v) is 7.05. The quantitative estimate of drug-likeness (QED) is 0.671. The maximum absolute atomic E-state index is 12.8. The Labute approximate surface area is 164 Å². The zero-order valence-electron chi connectivity index (χ0n) is 16.2. The number of nitrogens with zero attached hydrogens (tertiary/aromatic N) is 1. The first-order valence-corrected chi connectivity index (χ1v) is 9.79. The highest BCUT2D eigenvalue weighted by Gasteiger charge is 2.31. The number of amides is 2. The number of nitrogens with two attached hydrogens (primary N) is 1. The van der Waals surface area contributed by atoms with Crippen molar-refractivity contribution in [3.63, 3.8) is 0 Å². The highest BCUT2D eigenvalue weighted by molar-refractivity contribution is 5.97. The molecule has 1 aliphatic heterocycles. The van der Waals surface area contributed by atoms with Crippen molar-refractivity contribution in [1.29, 1.82) is 0 Å². The van der Waals surface area contributed by atoms with Gasteiger partial charge in [0.05, 0.1) is 11.5 Å². The third-order valence-electron chi connectivity index (χ3n) is 4.95. The molecule has 156 valence electrons. The van der Waals surface area contributed by atoms with Crippen LogP contribution in [0.3, 0.4) is 0 Å². The van der Waals surface area contributed by atoms with Gasteiger partial charge in [0.25, 0.3) is 5.91 Å². The number of piperidine rings is 1. The number of likely N-dealkylation sites (tertiary alicyclic amines) is 1. The van der Waals surface area contributed by atoms with Gasteiger partial charge in [0.1, 0.15) is 5.75 Å². The molecule has 1 fully saturated rings. The van der Waals surface area contributed by atoms with Crippen LogP contribution >= 0.6 is 0 Å². The first kappa shape index (κ1) is 22.1. The molecule has 0 bridgehead atoms. The maximum Gasteiger partial charge on any atom is 0.387 e. The smallest absolute Gasteiger partial charge is 0.387 e. The van der Waals surface area contributed by atoms with E-state index < -0.39 is 12.5 Å². The van der Waals surface area contributed by atoms with Gasteiger partial charge in [0.15, 0.2) is 0 Å². The van der Waals surface area contributed by atoms with Crippen molar-refractivity contribution in [2.75, 3.05) is 19.6 Å². The number of carbonyl (C=O) groups excluding carboxylic acids is 2. The van der Waals surface area contributed by atoms with E-state index in [0.29, 0.717) is 25.9 Å². The molecule has 0 spiro atoms. The lowest BCUT2D eigenvalue weighted by Gasteiger charge is -2.33. The molecule has 2 atom stereocenters. The van der Waals surface area contributed by atoms with Crippen molar-refractivity contribution >= 4 is 11.8 Å². The minimum atomic E-state index is -3.01. The van der Waals surface area contributed by atoms with Crippen molar-refractivity contribution in [2.24, 2.45) is 11.7 Å². The predicted octanol–water partition coefficient (Wildman–Crippen LogP) is 2.77. The van der Waals surface area contributed by atoms with E-state index >= 15 is 0 Å². The molecule has 0 radical (unpaired) electrons. The first-order chi connectivity index (χ1) is 13.5. The Hall–Kier alpha value is -2.22. The number of rotatable bonds is 9. The predicted molar refractivity (Wildman–Crippen MR) is 102 cm³/mol. The fourth-order valence-corrected chi connectivity index (χ4v) is 3.41. The highest BCUT2D eigenvalue weighted by atomic mass is 19.3. The molecule has 1 aromatic carbocycles. The number of para-hydroxylation sites is 1. The second-order valence-electron chi connectivity index (χ2n) is 7.05. The van der Waals surface area contributed by atoms with E-state index in [4.69, 9.17) is 5.73 Å². The standard InChI is InChI=1S/C20H29F2N3O3/c1-2-3-8-15(12-23)24-18(26)14-7-6-11-25(13-14)19(27)16-9-4-5-10-17(16)28-20(21)22/h4-5,9-10,14-15,20H,2-3,6-8,11-13,23H2,1H3,(H,24,26). The van der Waals surface area contributed by atoms with Gasteiger partial charge in [-0.1, -0.05) is 31.9 Å². The summed E-state index contributed by atoms with van der Waals surface area (Å²) in [5.41, 5.74) is 5.82. The van der Waals surface area contributed by atoms with Crippen molar-refractivity contribution < 1.29 is 23.1 Å². The molecular weight excluding hydrogens is 368 g/mol. The van der Waals surface area contributed by atoms with Crippen LogP contribution in [0.4, 0.5) is 8.78 Å². The topological polar surface area (TPSA) is 84.7 Å². The van der Waals surface area contributed by atoms with Crippen LogP contribution in [0.25, 0.3) is 0 Å². The van der Waals surface area contributed by atoms with E-state index in [1.54, 1.807) is 6.07 Å². The summed E-state index contributed by atoms with van der Waals surface area (Å²) < 4.78 is 29.7. The number of hydrogen-bond acceptors (Lipinski definition) is 4. The largest absolute Gasteiger partial charge is 0.434 e. The van der Waals surface area contributed by atoms with Gasteiger partial charge in [-0.3, -0.25) is 9.59 Å². The van der Waals surface area contributed by atoms with E-state index in [0.717, 1.165) is 19.3 Å². The number of benzene rings is 1. The minimum Gasteiger partial charge on any atom is -0.434 e. The lowest BCUT2D eigenvalue weighted by atomic mass is 9.95. The van der Waals surface area contributed by atoms with E-state index in [-0.39, 0.29) is 35.7 Å². The monoisotopic (exact) mass is 397 g/mol. The summed E-state index contributed by atoms with van der Waals surface area (Å²) in [5.74, 6) is -1.01. The summed E-state index contributed by atoms with van der Waals surface area (Å²) >= 11 is 0. The lowest BCUT2D eigenvalue weighted by Crippen LogP contribution is -2.49. The summed E-state index contributed by atoms with van der Waals surface area (Å²) in [4.78, 5) is 27.0. The summed E-state index contributed by atoms with van der Waals surface area (Å²) in [7, 11) is 0.